The number of hydroxylamine groups is 3. The van der Waals surface area contributed by atoms with E-state index in [2.05, 4.69) is 6.92 Å². The Morgan fingerprint density at radius 1 is 0.737 bits per heavy atom. The minimum Gasteiger partial charge on any atom is -0.633 e. The molecule has 0 fully saturated rings. The van der Waals surface area contributed by atoms with E-state index in [4.69, 9.17) is 0 Å². The largest absolute Gasteiger partial charge is 0.633 e. The van der Waals surface area contributed by atoms with E-state index in [0.717, 1.165) is 12.8 Å². The maximum Gasteiger partial charge on any atom is 0.0822 e. The third-order valence-corrected chi connectivity index (χ3v) is 3.26. The minimum atomic E-state index is -0.181. The van der Waals surface area contributed by atoms with Crippen LogP contribution in [-0.4, -0.2) is 31.9 Å². The van der Waals surface area contributed by atoms with E-state index in [0.29, 0.717) is 6.54 Å². The van der Waals surface area contributed by atoms with Crippen LogP contribution in [0, 0.1) is 5.21 Å². The molecule has 0 aromatic rings. The molecular weight excluding hydrogens is 238 g/mol. The van der Waals surface area contributed by atoms with E-state index in [-0.39, 0.29) is 11.3 Å². The van der Waals surface area contributed by atoms with Gasteiger partial charge in [-0.2, -0.15) is 0 Å². The smallest absolute Gasteiger partial charge is 0.0822 e. The van der Waals surface area contributed by atoms with Crippen LogP contribution < -0.4 is 0 Å². The summed E-state index contributed by atoms with van der Waals surface area (Å²) in [6, 6.07) is 0. The van der Waals surface area contributed by atoms with Crippen LogP contribution in [0.5, 0.6) is 0 Å². The van der Waals surface area contributed by atoms with Crippen LogP contribution in [0.3, 0.4) is 0 Å². The third kappa shape index (κ3) is 27.2. The van der Waals surface area contributed by atoms with Gasteiger partial charge in [0.15, 0.2) is 0 Å². The fourth-order valence-electron chi connectivity index (χ4n) is 1.59. The third-order valence-electron chi connectivity index (χ3n) is 3.26. The molecule has 0 unspecified atom stereocenters. The van der Waals surface area contributed by atoms with Crippen LogP contribution in [0.4, 0.5) is 0 Å². The lowest BCUT2D eigenvalue weighted by molar-refractivity contribution is -0.837. The van der Waals surface area contributed by atoms with Crippen LogP contribution in [0.2, 0.25) is 0 Å². The molecule has 3 nitrogen and oxygen atoms in total. The number of hydrogen-bond acceptors (Lipinski definition) is 1. The topological polar surface area (TPSA) is 43.0 Å². The molecule has 0 saturated heterocycles. The zero-order chi connectivity index (χ0) is 15.0. The van der Waals surface area contributed by atoms with Gasteiger partial charge in [0.05, 0.1) is 27.2 Å². The summed E-state index contributed by atoms with van der Waals surface area (Å²) in [5.74, 6) is 0. The van der Waals surface area contributed by atoms with Gasteiger partial charge in [-0.05, 0) is 13.3 Å². The van der Waals surface area contributed by atoms with Gasteiger partial charge in [-0.1, -0.05) is 64.7 Å². The number of rotatable bonds is 11. The Labute approximate surface area is 121 Å². The number of nitrogens with zero attached hydrogens (tertiary/aromatic N) is 1. The SMILES string of the molecule is CCCCCCCCCCCC[O].CC[N+](C)(C)[O-]. The molecule has 0 spiro atoms. The fraction of sp³-hybridized carbons (Fsp3) is 1.00. The van der Waals surface area contributed by atoms with Gasteiger partial charge in [0.2, 0.25) is 0 Å². The maximum atomic E-state index is 10.4. The van der Waals surface area contributed by atoms with Crippen molar-refractivity contribution in [3.8, 4) is 0 Å². The highest BCUT2D eigenvalue weighted by atomic mass is 16.5. The zero-order valence-electron chi connectivity index (χ0n) is 13.7. The van der Waals surface area contributed by atoms with Crippen molar-refractivity contribution in [2.75, 3.05) is 27.2 Å². The van der Waals surface area contributed by atoms with Gasteiger partial charge in [-0.15, -0.1) is 0 Å². The normalized spacial score (nSPS) is 11.1. The first kappa shape index (κ1) is 21.2. The highest BCUT2D eigenvalue weighted by molar-refractivity contribution is 4.46. The number of hydrogen-bond donors (Lipinski definition) is 0. The molecule has 0 atom stereocenters. The summed E-state index contributed by atoms with van der Waals surface area (Å²) in [5, 5.41) is 20.5. The molecule has 0 aromatic carbocycles. The van der Waals surface area contributed by atoms with Crippen LogP contribution in [0.15, 0.2) is 0 Å². The molecule has 0 saturated carbocycles. The second-order valence-corrected chi connectivity index (χ2v) is 5.78. The predicted molar refractivity (Wildman–Crippen MR) is 83.4 cm³/mol. The molecule has 0 amide bonds. The molecule has 0 bridgehead atoms. The van der Waals surface area contributed by atoms with Gasteiger partial charge >= 0.3 is 0 Å². The quantitative estimate of drug-likeness (QED) is 0.299. The first-order valence-corrected chi connectivity index (χ1v) is 8.10. The molecule has 0 aliphatic carbocycles. The van der Waals surface area contributed by atoms with E-state index in [1.165, 1.54) is 51.4 Å². The molecule has 0 heterocycles. The van der Waals surface area contributed by atoms with Crippen molar-refractivity contribution in [3.63, 3.8) is 0 Å². The van der Waals surface area contributed by atoms with Crippen molar-refractivity contribution in [2.45, 2.75) is 78.1 Å². The minimum absolute atomic E-state index is 0.122. The molecular formula is C16H36NO2. The monoisotopic (exact) mass is 274 g/mol. The molecule has 0 N–H and O–H groups in total. The summed E-state index contributed by atoms with van der Waals surface area (Å²) >= 11 is 0. The van der Waals surface area contributed by atoms with Crippen LogP contribution in [0.25, 0.3) is 0 Å². The standard InChI is InChI=1S/C12H25O.C4H11NO/c1-2-3-4-5-6-7-8-9-10-11-12-13;1-4-5(2,3)6/h2-12H2,1H3;4H2,1-3H3. The fourth-order valence-corrected chi connectivity index (χ4v) is 1.59. The molecule has 0 rings (SSSR count). The molecule has 19 heavy (non-hydrogen) atoms. The Hall–Kier alpha value is -0.120. The maximum absolute atomic E-state index is 10.4. The van der Waals surface area contributed by atoms with Crippen molar-refractivity contribution >= 4 is 0 Å². The molecule has 117 valence electrons. The summed E-state index contributed by atoms with van der Waals surface area (Å²) in [4.78, 5) is 0. The first-order valence-electron chi connectivity index (χ1n) is 8.10. The van der Waals surface area contributed by atoms with Crippen molar-refractivity contribution < 1.29 is 9.75 Å². The molecule has 0 aliphatic rings. The van der Waals surface area contributed by atoms with E-state index in [9.17, 15) is 10.3 Å². The summed E-state index contributed by atoms with van der Waals surface area (Å²) in [6.45, 7) is 4.90. The van der Waals surface area contributed by atoms with Crippen molar-refractivity contribution in [1.82, 2.24) is 0 Å². The molecule has 0 aliphatic heterocycles. The van der Waals surface area contributed by atoms with Gasteiger partial charge in [0.1, 0.15) is 0 Å². The lowest BCUT2D eigenvalue weighted by atomic mass is 10.1. The molecule has 1 radical (unpaired) electrons. The lowest BCUT2D eigenvalue weighted by Gasteiger charge is -2.31. The highest BCUT2D eigenvalue weighted by Crippen LogP contribution is 2.10. The average Bonchev–Trinajstić information content (AvgIpc) is 2.37. The Balaban J connectivity index is 0. The van der Waals surface area contributed by atoms with Gasteiger partial charge in [0.25, 0.3) is 0 Å². The summed E-state index contributed by atoms with van der Waals surface area (Å²) in [7, 11) is 3.25. The first-order chi connectivity index (χ1) is 8.97. The summed E-state index contributed by atoms with van der Waals surface area (Å²) in [5.41, 5.74) is 0. The van der Waals surface area contributed by atoms with Crippen molar-refractivity contribution in [2.24, 2.45) is 0 Å². The van der Waals surface area contributed by atoms with E-state index >= 15 is 0 Å². The van der Waals surface area contributed by atoms with Crippen molar-refractivity contribution in [3.05, 3.63) is 5.21 Å². The molecule has 0 aromatic heterocycles. The van der Waals surface area contributed by atoms with Gasteiger partial charge in [0, 0.05) is 0 Å². The van der Waals surface area contributed by atoms with Gasteiger partial charge in [-0.25, -0.2) is 5.11 Å². The average molecular weight is 274 g/mol. The van der Waals surface area contributed by atoms with E-state index in [1.54, 1.807) is 14.1 Å². The zero-order valence-corrected chi connectivity index (χ0v) is 13.7. The Morgan fingerprint density at radius 2 is 1.05 bits per heavy atom. The Bertz CT molecular complexity index is 145. The van der Waals surface area contributed by atoms with Crippen LogP contribution >= 0.6 is 0 Å². The lowest BCUT2D eigenvalue weighted by Crippen LogP contribution is -2.31. The Morgan fingerprint density at radius 3 is 1.32 bits per heavy atom. The van der Waals surface area contributed by atoms with Crippen LogP contribution in [0.1, 0.15) is 78.1 Å². The Kier molecular flexibility index (Phi) is 17.8. The highest BCUT2D eigenvalue weighted by Gasteiger charge is 1.91. The number of unbranched alkanes of at least 4 members (excludes halogenated alkanes) is 9. The second kappa shape index (κ2) is 15.9. The van der Waals surface area contributed by atoms with E-state index in [1.807, 2.05) is 6.92 Å². The van der Waals surface area contributed by atoms with Crippen LogP contribution in [-0.2, 0) is 5.11 Å². The summed E-state index contributed by atoms with van der Waals surface area (Å²) < 4.78 is -0.181. The molecule has 3 heteroatoms. The second-order valence-electron chi connectivity index (χ2n) is 5.78. The van der Waals surface area contributed by atoms with Crippen molar-refractivity contribution in [1.29, 1.82) is 0 Å². The predicted octanol–water partition coefficient (Wildman–Crippen LogP) is 4.92. The number of quaternary nitrogens is 1. The van der Waals surface area contributed by atoms with E-state index < -0.39 is 0 Å². The summed E-state index contributed by atoms with van der Waals surface area (Å²) in [6.07, 6.45) is 13.0. The van der Waals surface area contributed by atoms with Gasteiger partial charge in [-0.3, -0.25) is 0 Å². The van der Waals surface area contributed by atoms with Gasteiger partial charge < -0.3 is 9.85 Å².